The third-order valence-electron chi connectivity index (χ3n) is 4.12. The van der Waals surface area contributed by atoms with Gasteiger partial charge in [0.1, 0.15) is 5.75 Å². The van der Waals surface area contributed by atoms with Gasteiger partial charge in [-0.3, -0.25) is 14.6 Å². The number of aromatic nitrogens is 1. The summed E-state index contributed by atoms with van der Waals surface area (Å²) in [6.07, 6.45) is 3.67. The third kappa shape index (κ3) is 3.55. The fourth-order valence-electron chi connectivity index (χ4n) is 2.54. The summed E-state index contributed by atoms with van der Waals surface area (Å²) in [5.41, 5.74) is 0.912. The average molecular weight is 303 g/mol. The maximum absolute atomic E-state index is 12.1. The van der Waals surface area contributed by atoms with Gasteiger partial charge in [0.25, 0.3) is 5.91 Å². The lowest BCUT2D eigenvalue weighted by atomic mass is 10.2. The Labute approximate surface area is 130 Å². The summed E-state index contributed by atoms with van der Waals surface area (Å²) in [4.78, 5) is 31.9. The Balaban J connectivity index is 1.43. The molecule has 1 aliphatic heterocycles. The summed E-state index contributed by atoms with van der Waals surface area (Å²) < 4.78 is 5.46. The number of ether oxygens (including phenoxy) is 1. The third-order valence-corrected chi connectivity index (χ3v) is 4.12. The number of amides is 2. The Morgan fingerprint density at radius 3 is 2.45 bits per heavy atom. The first-order valence-corrected chi connectivity index (χ1v) is 7.75. The molecule has 1 saturated carbocycles. The molecule has 3 rings (SSSR count). The molecule has 0 aromatic carbocycles. The minimum absolute atomic E-state index is 0.0152. The molecule has 2 fully saturated rings. The Kier molecular flexibility index (Phi) is 4.27. The fourth-order valence-corrected chi connectivity index (χ4v) is 2.54. The van der Waals surface area contributed by atoms with E-state index in [1.807, 2.05) is 24.0 Å². The van der Waals surface area contributed by atoms with E-state index >= 15 is 0 Å². The lowest BCUT2D eigenvalue weighted by molar-refractivity contribution is -0.141. The first-order valence-electron chi connectivity index (χ1n) is 7.75. The van der Waals surface area contributed by atoms with Gasteiger partial charge in [0, 0.05) is 37.8 Å². The van der Waals surface area contributed by atoms with Gasteiger partial charge in [-0.25, -0.2) is 0 Å². The largest absolute Gasteiger partial charge is 0.482 e. The molecule has 0 bridgehead atoms. The van der Waals surface area contributed by atoms with Crippen molar-refractivity contribution in [1.29, 1.82) is 0 Å². The Bertz CT molecular complexity index is 546. The van der Waals surface area contributed by atoms with E-state index in [0.717, 1.165) is 18.5 Å². The highest BCUT2D eigenvalue weighted by molar-refractivity contribution is 5.82. The van der Waals surface area contributed by atoms with E-state index in [1.54, 1.807) is 11.1 Å². The number of carbonyl (C=O) groups is 2. The van der Waals surface area contributed by atoms with Gasteiger partial charge in [-0.2, -0.15) is 0 Å². The maximum Gasteiger partial charge on any atom is 0.260 e. The van der Waals surface area contributed by atoms with Crippen LogP contribution in [0.5, 0.6) is 5.75 Å². The van der Waals surface area contributed by atoms with Crippen molar-refractivity contribution >= 4 is 11.8 Å². The number of aryl methyl sites for hydroxylation is 1. The molecular formula is C16H21N3O3. The van der Waals surface area contributed by atoms with Crippen molar-refractivity contribution in [3.8, 4) is 5.75 Å². The van der Waals surface area contributed by atoms with E-state index in [9.17, 15) is 9.59 Å². The van der Waals surface area contributed by atoms with Crippen molar-refractivity contribution in [1.82, 2.24) is 14.8 Å². The predicted octanol–water partition coefficient (Wildman–Crippen LogP) is 0.850. The van der Waals surface area contributed by atoms with E-state index in [4.69, 9.17) is 4.74 Å². The number of hydrogen-bond donors (Lipinski definition) is 0. The second-order valence-corrected chi connectivity index (χ2v) is 5.90. The van der Waals surface area contributed by atoms with E-state index in [2.05, 4.69) is 4.98 Å². The molecule has 2 heterocycles. The quantitative estimate of drug-likeness (QED) is 0.827. The van der Waals surface area contributed by atoms with E-state index in [-0.39, 0.29) is 24.3 Å². The Morgan fingerprint density at radius 1 is 1.18 bits per heavy atom. The Hall–Kier alpha value is -2.11. The summed E-state index contributed by atoms with van der Waals surface area (Å²) in [6, 6.07) is 3.66. The molecule has 1 aliphatic carbocycles. The highest BCUT2D eigenvalue weighted by Gasteiger charge is 2.35. The predicted molar refractivity (Wildman–Crippen MR) is 80.4 cm³/mol. The number of carbonyl (C=O) groups excluding carboxylic acids is 2. The molecule has 0 unspecified atom stereocenters. The number of piperazine rings is 1. The zero-order valence-corrected chi connectivity index (χ0v) is 12.8. The molecule has 1 aromatic rings. The van der Waals surface area contributed by atoms with Gasteiger partial charge < -0.3 is 14.5 Å². The molecule has 22 heavy (non-hydrogen) atoms. The Morgan fingerprint density at radius 2 is 1.86 bits per heavy atom. The van der Waals surface area contributed by atoms with Crippen LogP contribution in [0.4, 0.5) is 0 Å². The summed E-state index contributed by atoms with van der Waals surface area (Å²) in [5, 5.41) is 0. The second-order valence-electron chi connectivity index (χ2n) is 5.90. The number of hydrogen-bond acceptors (Lipinski definition) is 4. The zero-order valence-electron chi connectivity index (χ0n) is 12.8. The molecule has 0 atom stereocenters. The molecule has 0 radical (unpaired) electrons. The van der Waals surface area contributed by atoms with Crippen LogP contribution in [0.1, 0.15) is 18.5 Å². The van der Waals surface area contributed by atoms with Crippen LogP contribution >= 0.6 is 0 Å². The first-order chi connectivity index (χ1) is 10.6. The van der Waals surface area contributed by atoms with Gasteiger partial charge >= 0.3 is 0 Å². The van der Waals surface area contributed by atoms with Gasteiger partial charge in [-0.05, 0) is 31.9 Å². The number of pyridine rings is 1. The van der Waals surface area contributed by atoms with Crippen LogP contribution in [0.3, 0.4) is 0 Å². The normalized spacial score (nSPS) is 18.2. The van der Waals surface area contributed by atoms with Crippen molar-refractivity contribution < 1.29 is 14.3 Å². The van der Waals surface area contributed by atoms with Crippen molar-refractivity contribution in [2.75, 3.05) is 32.8 Å². The summed E-state index contributed by atoms with van der Waals surface area (Å²) >= 11 is 0. The molecule has 1 aromatic heterocycles. The molecule has 0 N–H and O–H groups in total. The highest BCUT2D eigenvalue weighted by atomic mass is 16.5. The minimum Gasteiger partial charge on any atom is -0.482 e. The molecule has 2 amide bonds. The lowest BCUT2D eigenvalue weighted by Gasteiger charge is -2.34. The van der Waals surface area contributed by atoms with Crippen molar-refractivity contribution in [3.63, 3.8) is 0 Å². The van der Waals surface area contributed by atoms with Gasteiger partial charge in [0.05, 0.1) is 6.20 Å². The van der Waals surface area contributed by atoms with Crippen LogP contribution in [0.25, 0.3) is 0 Å². The molecule has 6 heteroatoms. The second kappa shape index (κ2) is 6.34. The first kappa shape index (κ1) is 14.8. The highest BCUT2D eigenvalue weighted by Crippen LogP contribution is 2.31. The van der Waals surface area contributed by atoms with Gasteiger partial charge in [-0.15, -0.1) is 0 Å². The van der Waals surface area contributed by atoms with E-state index < -0.39 is 0 Å². The van der Waals surface area contributed by atoms with Crippen molar-refractivity contribution in [3.05, 3.63) is 24.0 Å². The monoisotopic (exact) mass is 303 g/mol. The van der Waals surface area contributed by atoms with Crippen LogP contribution in [-0.2, 0) is 9.59 Å². The van der Waals surface area contributed by atoms with Crippen molar-refractivity contribution in [2.24, 2.45) is 5.92 Å². The van der Waals surface area contributed by atoms with Crippen LogP contribution in [0, 0.1) is 12.8 Å². The van der Waals surface area contributed by atoms with E-state index in [1.165, 1.54) is 0 Å². The zero-order chi connectivity index (χ0) is 15.5. The minimum atomic E-state index is -0.0425. The topological polar surface area (TPSA) is 62.7 Å². The van der Waals surface area contributed by atoms with Crippen LogP contribution < -0.4 is 4.74 Å². The van der Waals surface area contributed by atoms with Gasteiger partial charge in [-0.1, -0.05) is 0 Å². The smallest absolute Gasteiger partial charge is 0.260 e. The van der Waals surface area contributed by atoms with Gasteiger partial charge in [0.15, 0.2) is 6.61 Å². The molecular weight excluding hydrogens is 282 g/mol. The molecule has 6 nitrogen and oxygen atoms in total. The summed E-state index contributed by atoms with van der Waals surface area (Å²) in [5.74, 6) is 1.06. The standard InChI is InChI=1S/C16H21N3O3/c1-12-2-5-14(10-17-12)22-11-15(20)18-6-8-19(9-7-18)16(21)13-3-4-13/h2,5,10,13H,3-4,6-9,11H2,1H3. The molecule has 118 valence electrons. The van der Waals surface area contributed by atoms with Gasteiger partial charge in [0.2, 0.25) is 5.91 Å². The van der Waals surface area contributed by atoms with Crippen LogP contribution in [-0.4, -0.2) is 59.4 Å². The molecule has 2 aliphatic rings. The maximum atomic E-state index is 12.1. The number of nitrogens with zero attached hydrogens (tertiary/aromatic N) is 3. The summed E-state index contributed by atoms with van der Waals surface area (Å²) in [7, 11) is 0. The van der Waals surface area contributed by atoms with Crippen LogP contribution in [0.15, 0.2) is 18.3 Å². The summed E-state index contributed by atoms with van der Waals surface area (Å²) in [6.45, 7) is 4.36. The van der Waals surface area contributed by atoms with Crippen LogP contribution in [0.2, 0.25) is 0 Å². The fraction of sp³-hybridized carbons (Fsp3) is 0.562. The van der Waals surface area contributed by atoms with E-state index in [0.29, 0.717) is 31.9 Å². The number of rotatable bonds is 4. The average Bonchev–Trinajstić information content (AvgIpc) is 3.38. The van der Waals surface area contributed by atoms with Crippen molar-refractivity contribution in [2.45, 2.75) is 19.8 Å². The lowest BCUT2D eigenvalue weighted by Crippen LogP contribution is -2.52. The molecule has 0 spiro atoms. The SMILES string of the molecule is Cc1ccc(OCC(=O)N2CCN(C(=O)C3CC3)CC2)cn1. The molecule has 1 saturated heterocycles.